The summed E-state index contributed by atoms with van der Waals surface area (Å²) in [6, 6.07) is 75.8. The molecule has 10 aromatic carbocycles. The van der Waals surface area contributed by atoms with Crippen molar-refractivity contribution in [2.75, 3.05) is 0 Å². The topological polar surface area (TPSA) is 48.5 Å². The lowest BCUT2D eigenvalue weighted by atomic mass is 9.92. The van der Waals surface area contributed by atoms with Crippen LogP contribution in [0.3, 0.4) is 0 Å². The second kappa shape index (κ2) is 13.6. The fourth-order valence-corrected chi connectivity index (χ4v) is 9.79. The molecule has 13 rings (SSSR count). The summed E-state index contributed by atoms with van der Waals surface area (Å²) in [5.41, 5.74) is 9.41. The Morgan fingerprint density at radius 2 is 0.645 bits per heavy atom. The highest BCUT2D eigenvalue weighted by atomic mass is 15.1. The van der Waals surface area contributed by atoms with Crippen molar-refractivity contribution in [3.8, 4) is 45.5 Å². The largest absolute Gasteiger partial charge is 0.309 e. The zero-order valence-corrected chi connectivity index (χ0v) is 33.4. The average molecular weight is 790 g/mol. The van der Waals surface area contributed by atoms with E-state index in [9.17, 15) is 0 Å². The molecule has 0 aliphatic carbocycles. The summed E-state index contributed by atoms with van der Waals surface area (Å²) >= 11 is 0. The minimum Gasteiger partial charge on any atom is -0.309 e. The molecule has 0 N–H and O–H groups in total. The highest BCUT2D eigenvalue weighted by molar-refractivity contribution is 6.26. The summed E-state index contributed by atoms with van der Waals surface area (Å²) in [5, 5.41) is 12.0. The molecule has 3 aromatic heterocycles. The fraction of sp³-hybridized carbons (Fsp3) is 0. The van der Waals surface area contributed by atoms with Crippen molar-refractivity contribution in [2.24, 2.45) is 0 Å². The number of aromatic nitrogens is 5. The van der Waals surface area contributed by atoms with Gasteiger partial charge in [0.15, 0.2) is 17.5 Å². The van der Waals surface area contributed by atoms with Crippen molar-refractivity contribution in [2.45, 2.75) is 0 Å². The maximum absolute atomic E-state index is 5.37. The third-order valence-electron chi connectivity index (χ3n) is 12.5. The Bertz CT molecular complexity index is 3810. The van der Waals surface area contributed by atoms with E-state index < -0.39 is 0 Å². The number of hydrogen-bond donors (Lipinski definition) is 0. The van der Waals surface area contributed by atoms with Crippen molar-refractivity contribution in [1.29, 1.82) is 0 Å². The molecule has 0 spiro atoms. The van der Waals surface area contributed by atoms with Gasteiger partial charge >= 0.3 is 0 Å². The van der Waals surface area contributed by atoms with E-state index in [1.807, 2.05) is 36.4 Å². The zero-order chi connectivity index (χ0) is 40.7. The standard InChI is InChI=1S/C57H35N5/c1-3-17-36(18-4-1)55-58-56(37-19-5-2-6-20-37)60-57(59-55)49-34-47-41-23-9-7-21-39(41)40-22-8-10-24-42(40)48(47)35-54(49)62-52-30-16-13-27-45(52)46-32-31-38(33-53(46)62)61-50-28-14-11-25-43(50)44-26-12-15-29-51(44)61/h1-35H. The van der Waals surface area contributed by atoms with Crippen LogP contribution in [0.5, 0.6) is 0 Å². The van der Waals surface area contributed by atoms with E-state index in [1.54, 1.807) is 0 Å². The van der Waals surface area contributed by atoms with Crippen LogP contribution in [0.4, 0.5) is 0 Å². The maximum atomic E-state index is 5.37. The molecular weight excluding hydrogens is 755 g/mol. The lowest BCUT2D eigenvalue weighted by molar-refractivity contribution is 1.07. The molecule has 3 heterocycles. The first-order valence-corrected chi connectivity index (χ1v) is 21.0. The van der Waals surface area contributed by atoms with Crippen LogP contribution >= 0.6 is 0 Å². The van der Waals surface area contributed by atoms with Crippen LogP contribution in [0.15, 0.2) is 212 Å². The molecule has 0 aliphatic heterocycles. The Labute approximate surface area is 356 Å². The van der Waals surface area contributed by atoms with Crippen molar-refractivity contribution in [3.05, 3.63) is 212 Å². The van der Waals surface area contributed by atoms with Crippen LogP contribution in [0.2, 0.25) is 0 Å². The van der Waals surface area contributed by atoms with E-state index in [4.69, 9.17) is 15.0 Å². The molecule has 0 atom stereocenters. The molecule has 0 saturated heterocycles. The second-order valence-corrected chi connectivity index (χ2v) is 16.0. The number of rotatable bonds is 5. The molecule has 5 nitrogen and oxygen atoms in total. The molecule has 0 bridgehead atoms. The van der Waals surface area contributed by atoms with E-state index in [-0.39, 0.29) is 0 Å². The van der Waals surface area contributed by atoms with Gasteiger partial charge in [-0.25, -0.2) is 15.0 Å². The molecule has 0 radical (unpaired) electrons. The van der Waals surface area contributed by atoms with Gasteiger partial charge in [0, 0.05) is 43.9 Å². The summed E-state index contributed by atoms with van der Waals surface area (Å²) in [7, 11) is 0. The molecule has 288 valence electrons. The monoisotopic (exact) mass is 789 g/mol. The number of hydrogen-bond acceptors (Lipinski definition) is 3. The number of fused-ring (bicyclic) bond motifs is 12. The highest BCUT2D eigenvalue weighted by Crippen LogP contribution is 2.43. The van der Waals surface area contributed by atoms with Gasteiger partial charge < -0.3 is 9.13 Å². The summed E-state index contributed by atoms with van der Waals surface area (Å²) in [4.78, 5) is 15.8. The van der Waals surface area contributed by atoms with Crippen LogP contribution in [-0.2, 0) is 0 Å². The van der Waals surface area contributed by atoms with Gasteiger partial charge in [0.2, 0.25) is 0 Å². The Morgan fingerprint density at radius 1 is 0.258 bits per heavy atom. The van der Waals surface area contributed by atoms with Crippen LogP contribution in [0.1, 0.15) is 0 Å². The van der Waals surface area contributed by atoms with Gasteiger partial charge in [0.05, 0.1) is 27.8 Å². The molecule has 0 unspecified atom stereocenters. The zero-order valence-electron chi connectivity index (χ0n) is 33.4. The summed E-state index contributed by atoms with van der Waals surface area (Å²) in [5.74, 6) is 1.86. The van der Waals surface area contributed by atoms with E-state index in [0.29, 0.717) is 17.5 Å². The molecule has 62 heavy (non-hydrogen) atoms. The van der Waals surface area contributed by atoms with Crippen molar-refractivity contribution in [1.82, 2.24) is 24.1 Å². The predicted molar refractivity (Wildman–Crippen MR) is 257 cm³/mol. The minimum absolute atomic E-state index is 0.608. The van der Waals surface area contributed by atoms with Gasteiger partial charge in [0.25, 0.3) is 0 Å². The van der Waals surface area contributed by atoms with Gasteiger partial charge in [-0.2, -0.15) is 0 Å². The normalized spacial score (nSPS) is 11.9. The number of para-hydroxylation sites is 3. The van der Waals surface area contributed by atoms with E-state index >= 15 is 0 Å². The highest BCUT2D eigenvalue weighted by Gasteiger charge is 2.23. The predicted octanol–water partition coefficient (Wildman–Crippen LogP) is 14.5. The van der Waals surface area contributed by atoms with E-state index in [2.05, 4.69) is 185 Å². The molecule has 13 aromatic rings. The van der Waals surface area contributed by atoms with E-state index in [0.717, 1.165) is 44.5 Å². The minimum atomic E-state index is 0.608. The van der Waals surface area contributed by atoms with Crippen LogP contribution < -0.4 is 0 Å². The summed E-state index contributed by atoms with van der Waals surface area (Å²) in [6.07, 6.45) is 0. The third-order valence-corrected chi connectivity index (χ3v) is 12.5. The van der Waals surface area contributed by atoms with Gasteiger partial charge in [-0.1, -0.05) is 170 Å². The molecule has 5 heteroatoms. The SMILES string of the molecule is c1ccc(-c2nc(-c3ccccc3)nc(-c3cc4c5ccccc5c5ccccc5c4cc3-n3c4ccccc4c4ccc(-n5c6ccccc6c6ccccc65)cc43)n2)cc1. The smallest absolute Gasteiger partial charge is 0.166 e. The van der Waals surface area contributed by atoms with Gasteiger partial charge in [-0.3, -0.25) is 0 Å². The Hall–Kier alpha value is -8.41. The first-order valence-electron chi connectivity index (χ1n) is 21.0. The summed E-state index contributed by atoms with van der Waals surface area (Å²) in [6.45, 7) is 0. The average Bonchev–Trinajstić information content (AvgIpc) is 3.86. The van der Waals surface area contributed by atoms with Crippen LogP contribution in [0.25, 0.3) is 121 Å². The Kier molecular flexibility index (Phi) is 7.54. The van der Waals surface area contributed by atoms with Crippen LogP contribution in [0, 0.1) is 0 Å². The van der Waals surface area contributed by atoms with Gasteiger partial charge in [-0.15, -0.1) is 0 Å². The van der Waals surface area contributed by atoms with Crippen molar-refractivity contribution < 1.29 is 0 Å². The Morgan fingerprint density at radius 3 is 1.16 bits per heavy atom. The third kappa shape index (κ3) is 5.18. The second-order valence-electron chi connectivity index (χ2n) is 16.0. The van der Waals surface area contributed by atoms with Gasteiger partial charge in [-0.05, 0) is 74.8 Å². The van der Waals surface area contributed by atoms with Gasteiger partial charge in [0.1, 0.15) is 0 Å². The fourth-order valence-electron chi connectivity index (χ4n) is 9.79. The lowest BCUT2D eigenvalue weighted by Crippen LogP contribution is -2.04. The molecule has 0 saturated carbocycles. The van der Waals surface area contributed by atoms with E-state index in [1.165, 1.54) is 59.5 Å². The molecule has 0 aliphatic rings. The molecular formula is C57H35N5. The maximum Gasteiger partial charge on any atom is 0.166 e. The quantitative estimate of drug-likeness (QED) is 0.163. The molecule has 0 amide bonds. The summed E-state index contributed by atoms with van der Waals surface area (Å²) < 4.78 is 4.84. The lowest BCUT2D eigenvalue weighted by Gasteiger charge is -2.18. The van der Waals surface area contributed by atoms with Crippen molar-refractivity contribution in [3.63, 3.8) is 0 Å². The first-order chi connectivity index (χ1) is 30.8. The van der Waals surface area contributed by atoms with Crippen LogP contribution in [-0.4, -0.2) is 24.1 Å². The molecule has 0 fully saturated rings. The number of benzene rings is 10. The van der Waals surface area contributed by atoms with Crippen molar-refractivity contribution >= 4 is 75.9 Å². The number of nitrogens with zero attached hydrogens (tertiary/aromatic N) is 5. The first kappa shape index (κ1) is 34.5. The Balaban J connectivity index is 1.19.